The van der Waals surface area contributed by atoms with Crippen LogP contribution in [-0.2, 0) is 9.53 Å². The zero-order valence-electron chi connectivity index (χ0n) is 14.3. The molecule has 1 heterocycles. The number of hydrogen-bond acceptors (Lipinski definition) is 6. The second-order valence-electron chi connectivity index (χ2n) is 5.57. The van der Waals surface area contributed by atoms with Crippen molar-refractivity contribution in [1.82, 2.24) is 0 Å². The van der Waals surface area contributed by atoms with Gasteiger partial charge in [-0.1, -0.05) is 41.9 Å². The molecule has 0 spiro atoms. The number of benzene rings is 2. The van der Waals surface area contributed by atoms with E-state index in [1.54, 1.807) is 11.4 Å². The minimum Gasteiger partial charge on any atom is -0.451 e. The number of carbonyl (C=O) groups is 2. The van der Waals surface area contributed by atoms with Crippen LogP contribution in [0.15, 0.2) is 60.0 Å². The summed E-state index contributed by atoms with van der Waals surface area (Å²) in [5, 5.41) is 15.3. The molecule has 0 aliphatic carbocycles. The van der Waals surface area contributed by atoms with E-state index in [0.29, 0.717) is 10.4 Å². The van der Waals surface area contributed by atoms with Gasteiger partial charge in [-0.2, -0.15) is 0 Å². The van der Waals surface area contributed by atoms with Gasteiger partial charge in [0.15, 0.2) is 6.61 Å². The van der Waals surface area contributed by atoms with E-state index in [0.717, 1.165) is 11.6 Å². The first-order valence-corrected chi connectivity index (χ1v) is 9.25. The van der Waals surface area contributed by atoms with Gasteiger partial charge in [0.25, 0.3) is 11.6 Å². The molecule has 0 saturated carbocycles. The van der Waals surface area contributed by atoms with Crippen LogP contribution in [0.4, 0.5) is 11.4 Å². The highest BCUT2D eigenvalue weighted by molar-refractivity contribution is 7.12. The average molecular weight is 417 g/mol. The molecule has 0 aliphatic heterocycles. The van der Waals surface area contributed by atoms with E-state index < -0.39 is 23.4 Å². The lowest BCUT2D eigenvalue weighted by molar-refractivity contribution is -0.383. The topological polar surface area (TPSA) is 98.5 Å². The van der Waals surface area contributed by atoms with Gasteiger partial charge in [0.1, 0.15) is 10.6 Å². The number of thiophene rings is 1. The molecule has 3 rings (SSSR count). The number of nitrogens with zero attached hydrogens (tertiary/aromatic N) is 1. The largest absolute Gasteiger partial charge is 0.451 e. The summed E-state index contributed by atoms with van der Waals surface area (Å²) in [6.45, 7) is -0.579. The van der Waals surface area contributed by atoms with Crippen LogP contribution in [0, 0.1) is 10.1 Å². The molecule has 2 aromatic carbocycles. The number of nitro benzene ring substituents is 1. The number of halogens is 1. The number of carbonyl (C=O) groups excluding carboxylic acids is 2. The Hall–Kier alpha value is -3.23. The summed E-state index contributed by atoms with van der Waals surface area (Å²) in [6, 6.07) is 15.0. The van der Waals surface area contributed by atoms with Crippen LogP contribution in [0.5, 0.6) is 0 Å². The smallest absolute Gasteiger partial charge is 0.349 e. The van der Waals surface area contributed by atoms with Crippen LogP contribution in [0.1, 0.15) is 9.67 Å². The number of rotatable bonds is 6. The van der Waals surface area contributed by atoms with E-state index in [-0.39, 0.29) is 16.4 Å². The van der Waals surface area contributed by atoms with E-state index in [2.05, 4.69) is 5.32 Å². The molecule has 0 fully saturated rings. The molecular weight excluding hydrogens is 404 g/mol. The molecule has 1 aromatic heterocycles. The molecule has 0 saturated heterocycles. The van der Waals surface area contributed by atoms with Crippen molar-refractivity contribution in [3.8, 4) is 11.1 Å². The molecule has 0 unspecified atom stereocenters. The molecule has 0 radical (unpaired) electrons. The fourth-order valence-electron chi connectivity index (χ4n) is 2.46. The highest BCUT2D eigenvalue weighted by Gasteiger charge is 2.19. The monoisotopic (exact) mass is 416 g/mol. The Bertz CT molecular complexity index is 1040. The summed E-state index contributed by atoms with van der Waals surface area (Å²) in [5.74, 6) is -1.34. The summed E-state index contributed by atoms with van der Waals surface area (Å²) in [4.78, 5) is 35.2. The van der Waals surface area contributed by atoms with E-state index in [1.165, 1.54) is 23.5 Å². The van der Waals surface area contributed by atoms with Crippen LogP contribution < -0.4 is 5.32 Å². The molecule has 142 valence electrons. The van der Waals surface area contributed by atoms with Crippen LogP contribution in [0.3, 0.4) is 0 Å². The standard InChI is InChI=1S/C19H13ClN2O5S/c20-13-6-7-15(16(10-13)22(25)26)21-17(23)11-27-19(24)18-14(8-9-28-18)12-4-2-1-3-5-12/h1-10H,11H2,(H,21,23). The first-order valence-electron chi connectivity index (χ1n) is 7.99. The van der Waals surface area contributed by atoms with Gasteiger partial charge >= 0.3 is 5.97 Å². The second kappa shape index (κ2) is 8.64. The molecule has 28 heavy (non-hydrogen) atoms. The van der Waals surface area contributed by atoms with Crippen LogP contribution in [0.25, 0.3) is 11.1 Å². The Morgan fingerprint density at radius 1 is 1.14 bits per heavy atom. The highest BCUT2D eigenvalue weighted by Crippen LogP contribution is 2.29. The maximum atomic E-state index is 12.4. The van der Waals surface area contributed by atoms with Crippen molar-refractivity contribution in [1.29, 1.82) is 0 Å². The summed E-state index contributed by atoms with van der Waals surface area (Å²) in [5.41, 5.74) is 1.19. The van der Waals surface area contributed by atoms with Crippen molar-refractivity contribution in [3.05, 3.63) is 80.0 Å². The molecule has 0 aliphatic rings. The number of amides is 1. The third-order valence-electron chi connectivity index (χ3n) is 3.70. The van der Waals surface area contributed by atoms with Gasteiger partial charge in [0, 0.05) is 16.7 Å². The van der Waals surface area contributed by atoms with Gasteiger partial charge in [0.05, 0.1) is 4.92 Å². The van der Waals surface area contributed by atoms with E-state index >= 15 is 0 Å². The van der Waals surface area contributed by atoms with Gasteiger partial charge in [-0.05, 0) is 29.1 Å². The van der Waals surface area contributed by atoms with Crippen molar-refractivity contribution >= 4 is 46.2 Å². The van der Waals surface area contributed by atoms with Crippen LogP contribution in [-0.4, -0.2) is 23.4 Å². The quantitative estimate of drug-likeness (QED) is 0.354. The summed E-state index contributed by atoms with van der Waals surface area (Å²) in [6.07, 6.45) is 0. The van der Waals surface area contributed by atoms with Crippen LogP contribution in [0.2, 0.25) is 5.02 Å². The van der Waals surface area contributed by atoms with Crippen molar-refractivity contribution < 1.29 is 19.2 Å². The lowest BCUT2D eigenvalue weighted by atomic mass is 10.1. The first kappa shape index (κ1) is 19.5. The molecule has 0 bridgehead atoms. The molecule has 0 atom stereocenters. The lowest BCUT2D eigenvalue weighted by Gasteiger charge is -2.08. The molecule has 1 N–H and O–H groups in total. The first-order chi connectivity index (χ1) is 13.5. The van der Waals surface area contributed by atoms with E-state index in [1.807, 2.05) is 30.3 Å². The Balaban J connectivity index is 1.66. The Kier molecular flexibility index (Phi) is 6.03. The van der Waals surface area contributed by atoms with Crippen molar-refractivity contribution in [2.45, 2.75) is 0 Å². The Morgan fingerprint density at radius 3 is 2.61 bits per heavy atom. The third kappa shape index (κ3) is 4.54. The Labute approximate surface area is 168 Å². The highest BCUT2D eigenvalue weighted by atomic mass is 35.5. The van der Waals surface area contributed by atoms with Gasteiger partial charge in [-0.3, -0.25) is 14.9 Å². The predicted molar refractivity (Wildman–Crippen MR) is 107 cm³/mol. The molecule has 1 amide bonds. The number of nitrogens with one attached hydrogen (secondary N) is 1. The fourth-order valence-corrected chi connectivity index (χ4v) is 3.43. The fraction of sp³-hybridized carbons (Fsp3) is 0.0526. The van der Waals surface area contributed by atoms with Crippen molar-refractivity contribution in [2.75, 3.05) is 11.9 Å². The second-order valence-corrected chi connectivity index (χ2v) is 6.92. The van der Waals surface area contributed by atoms with E-state index in [4.69, 9.17) is 16.3 Å². The zero-order valence-corrected chi connectivity index (χ0v) is 15.8. The molecule has 9 heteroatoms. The number of anilines is 1. The summed E-state index contributed by atoms with van der Waals surface area (Å²) < 4.78 is 5.07. The molecule has 3 aromatic rings. The van der Waals surface area contributed by atoms with Gasteiger partial charge in [0.2, 0.25) is 0 Å². The SMILES string of the molecule is O=C(COC(=O)c1sccc1-c1ccccc1)Nc1ccc(Cl)cc1[N+](=O)[O-]. The predicted octanol–water partition coefficient (Wildman–Crippen LogP) is 4.77. The third-order valence-corrected chi connectivity index (χ3v) is 4.83. The van der Waals surface area contributed by atoms with Gasteiger partial charge in [-0.25, -0.2) is 4.79 Å². The zero-order chi connectivity index (χ0) is 20.1. The number of nitro groups is 1. The minimum atomic E-state index is -0.698. The van der Waals surface area contributed by atoms with Crippen molar-refractivity contribution in [2.24, 2.45) is 0 Å². The summed E-state index contributed by atoms with van der Waals surface area (Å²) in [7, 11) is 0. The van der Waals surface area contributed by atoms with Gasteiger partial charge in [-0.15, -0.1) is 11.3 Å². The number of hydrogen-bond donors (Lipinski definition) is 1. The van der Waals surface area contributed by atoms with Crippen LogP contribution >= 0.6 is 22.9 Å². The van der Waals surface area contributed by atoms with Gasteiger partial charge < -0.3 is 10.1 Å². The molecular formula is C19H13ClN2O5S. The van der Waals surface area contributed by atoms with E-state index in [9.17, 15) is 19.7 Å². The molecule has 7 nitrogen and oxygen atoms in total. The maximum Gasteiger partial charge on any atom is 0.349 e. The van der Waals surface area contributed by atoms with Crippen molar-refractivity contribution in [3.63, 3.8) is 0 Å². The minimum absolute atomic E-state index is 0.0310. The average Bonchev–Trinajstić information content (AvgIpc) is 3.18. The lowest BCUT2D eigenvalue weighted by Crippen LogP contribution is -2.21. The number of ether oxygens (including phenoxy) is 1. The normalized spacial score (nSPS) is 10.3. The number of esters is 1. The Morgan fingerprint density at radius 2 is 1.89 bits per heavy atom. The summed E-state index contributed by atoms with van der Waals surface area (Å²) >= 11 is 6.94. The maximum absolute atomic E-state index is 12.4.